The summed E-state index contributed by atoms with van der Waals surface area (Å²) >= 11 is 0. The van der Waals surface area contributed by atoms with E-state index in [4.69, 9.17) is 42.6 Å². The van der Waals surface area contributed by atoms with Crippen LogP contribution in [-0.4, -0.2) is 110 Å². The maximum Gasteiger partial charge on any atom is 0.305 e. The summed E-state index contributed by atoms with van der Waals surface area (Å²) in [6, 6.07) is 0. The van der Waals surface area contributed by atoms with Crippen molar-refractivity contribution in [3.63, 3.8) is 0 Å². The second kappa shape index (κ2) is 56.9. The number of carbonyl (C=O) groups is 9. The van der Waals surface area contributed by atoms with E-state index in [2.05, 4.69) is 20.8 Å². The molecule has 90 heavy (non-hydrogen) atoms. The molecule has 0 N–H and O–H groups in total. The van der Waals surface area contributed by atoms with Gasteiger partial charge < -0.3 is 42.6 Å². The average Bonchev–Trinajstić information content (AvgIpc) is 2.21. The van der Waals surface area contributed by atoms with Crippen molar-refractivity contribution in [2.75, 3.05) is 19.8 Å². The number of unbranched alkanes of at least 4 members (excludes halogenated alkanes) is 21. The quantitative estimate of drug-likeness (QED) is 0.0312. The van der Waals surface area contributed by atoms with Crippen LogP contribution in [0.3, 0.4) is 0 Å². The van der Waals surface area contributed by atoms with Crippen molar-refractivity contribution in [2.24, 2.45) is 5.41 Å². The van der Waals surface area contributed by atoms with E-state index in [0.717, 1.165) is 173 Å². The molecule has 0 aliphatic heterocycles. The smallest absolute Gasteiger partial charge is 0.305 e. The van der Waals surface area contributed by atoms with Gasteiger partial charge in [0.05, 0.1) is 5.41 Å². The van der Waals surface area contributed by atoms with Crippen molar-refractivity contribution in [1.82, 2.24) is 0 Å². The third-order valence-corrected chi connectivity index (χ3v) is 16.7. The SMILES string of the molecule is CCCCCCC(CCC(CCCCCCCC(=O)OCC(CC)(COC(=O)CCCCCCCC(CCC(CCCCCC)OC(C)=O)OC(C)=O)COC(=O)CCCCCCCC(CCC(CCCCCC)OC(C)=O)OC(C)=O)OC(C)=O)OC(C)=O. The van der Waals surface area contributed by atoms with Gasteiger partial charge >= 0.3 is 53.7 Å². The summed E-state index contributed by atoms with van der Waals surface area (Å²) in [7, 11) is 0. The second-order valence-corrected chi connectivity index (χ2v) is 25.4. The molecule has 0 radical (unpaired) electrons. The molecule has 0 amide bonds. The van der Waals surface area contributed by atoms with Crippen molar-refractivity contribution < 1.29 is 85.8 Å². The van der Waals surface area contributed by atoms with Crippen LogP contribution in [0.5, 0.6) is 0 Å². The molecular formula is C72H128O18. The van der Waals surface area contributed by atoms with Crippen molar-refractivity contribution in [3.8, 4) is 0 Å². The highest BCUT2D eigenvalue weighted by molar-refractivity contribution is 5.71. The average molecular weight is 1280 g/mol. The number of hydrogen-bond donors (Lipinski definition) is 0. The van der Waals surface area contributed by atoms with Gasteiger partial charge in [-0.2, -0.15) is 0 Å². The third-order valence-electron chi connectivity index (χ3n) is 16.7. The Bertz CT molecular complexity index is 1700. The summed E-state index contributed by atoms with van der Waals surface area (Å²) in [5.41, 5.74) is -0.954. The predicted octanol–water partition coefficient (Wildman–Crippen LogP) is 17.0. The van der Waals surface area contributed by atoms with Crippen LogP contribution >= 0.6 is 0 Å². The van der Waals surface area contributed by atoms with E-state index in [9.17, 15) is 43.2 Å². The lowest BCUT2D eigenvalue weighted by atomic mass is 9.88. The molecule has 0 aromatic carbocycles. The molecule has 0 aromatic heterocycles. The van der Waals surface area contributed by atoms with Crippen LogP contribution < -0.4 is 0 Å². The molecule has 6 unspecified atom stereocenters. The maximum absolute atomic E-state index is 13.2. The Labute approximate surface area is 544 Å². The summed E-state index contributed by atoms with van der Waals surface area (Å²) in [5.74, 6) is -3.05. The molecule has 0 heterocycles. The monoisotopic (exact) mass is 1280 g/mol. The molecule has 0 saturated heterocycles. The first-order valence-electron chi connectivity index (χ1n) is 35.7. The van der Waals surface area contributed by atoms with Crippen LogP contribution in [0.1, 0.15) is 345 Å². The second-order valence-electron chi connectivity index (χ2n) is 25.4. The number of rotatable bonds is 61. The van der Waals surface area contributed by atoms with Crippen molar-refractivity contribution in [1.29, 1.82) is 0 Å². The van der Waals surface area contributed by atoms with Crippen LogP contribution in [0.2, 0.25) is 0 Å². The standard InChI is InChI=1S/C72H128O18/c1-11-15-18-30-39-63(85-57(5)73)48-51-66(88-60(8)76)42-33-24-21-27-36-45-69(79)82-54-72(14-4,55-83-70(80)46-37-28-22-25-34-43-67(89-61(9)77)52-49-64(86-58(6)74)40-31-19-16-12-2)56-84-71(81)47-38-29-23-26-35-44-68(90-62(10)78)53-50-65(87-59(7)75)41-32-20-17-13-3/h63-68H,11-56H2,1-10H3. The van der Waals surface area contributed by atoms with Gasteiger partial charge in [0.15, 0.2) is 0 Å². The zero-order valence-corrected chi connectivity index (χ0v) is 58.3. The molecule has 524 valence electrons. The first kappa shape index (κ1) is 85.2. The van der Waals surface area contributed by atoms with E-state index in [-0.39, 0.29) is 129 Å². The van der Waals surface area contributed by atoms with E-state index in [0.29, 0.717) is 83.5 Å². The number of esters is 9. The van der Waals surface area contributed by atoms with E-state index in [1.807, 2.05) is 6.92 Å². The molecule has 0 aliphatic carbocycles. The predicted molar refractivity (Wildman–Crippen MR) is 350 cm³/mol. The molecule has 0 rings (SSSR count). The largest absolute Gasteiger partial charge is 0.465 e. The summed E-state index contributed by atoms with van der Waals surface area (Å²) in [4.78, 5) is 111. The minimum Gasteiger partial charge on any atom is -0.465 e. The molecule has 18 heteroatoms. The summed E-state index contributed by atoms with van der Waals surface area (Å²) in [6.07, 6.45) is 33.0. The van der Waals surface area contributed by atoms with Crippen molar-refractivity contribution in [2.45, 2.75) is 382 Å². The van der Waals surface area contributed by atoms with Gasteiger partial charge in [0.1, 0.15) is 56.4 Å². The van der Waals surface area contributed by atoms with Gasteiger partial charge in [-0.05, 0) is 141 Å². The van der Waals surface area contributed by atoms with Crippen LogP contribution in [-0.2, 0) is 85.8 Å². The molecule has 0 aliphatic rings. The van der Waals surface area contributed by atoms with Gasteiger partial charge in [0, 0.05) is 60.8 Å². The molecule has 18 nitrogen and oxygen atoms in total. The van der Waals surface area contributed by atoms with E-state index < -0.39 is 5.41 Å². The first-order valence-corrected chi connectivity index (χ1v) is 35.7. The highest BCUT2D eigenvalue weighted by atomic mass is 16.6. The summed E-state index contributed by atoms with van der Waals surface area (Å²) in [5, 5.41) is 0. The molecule has 6 atom stereocenters. The summed E-state index contributed by atoms with van der Waals surface area (Å²) in [6.45, 7) is 16.6. The Balaban J connectivity index is 5.47. The van der Waals surface area contributed by atoms with Crippen LogP contribution in [0.15, 0.2) is 0 Å². The van der Waals surface area contributed by atoms with E-state index in [1.165, 1.54) is 41.5 Å². The zero-order chi connectivity index (χ0) is 67.1. The fourth-order valence-corrected chi connectivity index (χ4v) is 11.4. The van der Waals surface area contributed by atoms with Crippen LogP contribution in [0, 0.1) is 5.41 Å². The van der Waals surface area contributed by atoms with Crippen LogP contribution in [0.25, 0.3) is 0 Å². The lowest BCUT2D eigenvalue weighted by Crippen LogP contribution is -2.39. The zero-order valence-electron chi connectivity index (χ0n) is 58.3. The highest BCUT2D eigenvalue weighted by Crippen LogP contribution is 2.28. The Morgan fingerprint density at radius 2 is 0.422 bits per heavy atom. The molecule has 0 bridgehead atoms. The fourth-order valence-electron chi connectivity index (χ4n) is 11.4. The first-order chi connectivity index (χ1) is 43.2. The van der Waals surface area contributed by atoms with Crippen molar-refractivity contribution >= 4 is 53.7 Å². The topological polar surface area (TPSA) is 237 Å². The van der Waals surface area contributed by atoms with Gasteiger partial charge in [0.25, 0.3) is 0 Å². The summed E-state index contributed by atoms with van der Waals surface area (Å²) < 4.78 is 51.3. The molecule has 0 saturated carbocycles. The van der Waals surface area contributed by atoms with Gasteiger partial charge in [0.2, 0.25) is 0 Å². The van der Waals surface area contributed by atoms with Crippen LogP contribution in [0.4, 0.5) is 0 Å². The van der Waals surface area contributed by atoms with Gasteiger partial charge in [-0.25, -0.2) is 0 Å². The Hall–Kier alpha value is -4.77. The minimum atomic E-state index is -0.954. The normalized spacial score (nSPS) is 13.9. The Morgan fingerprint density at radius 3 is 0.600 bits per heavy atom. The lowest BCUT2D eigenvalue weighted by molar-refractivity contribution is -0.163. The Kier molecular flexibility index (Phi) is 53.9. The van der Waals surface area contributed by atoms with Crippen molar-refractivity contribution in [3.05, 3.63) is 0 Å². The Morgan fingerprint density at radius 1 is 0.244 bits per heavy atom. The number of ether oxygens (including phenoxy) is 9. The van der Waals surface area contributed by atoms with Gasteiger partial charge in [-0.1, -0.05) is 143 Å². The van der Waals surface area contributed by atoms with E-state index in [1.54, 1.807) is 0 Å². The molecule has 0 aromatic rings. The number of hydrogen-bond acceptors (Lipinski definition) is 18. The van der Waals surface area contributed by atoms with E-state index >= 15 is 0 Å². The lowest BCUT2D eigenvalue weighted by Gasteiger charge is -2.31. The highest BCUT2D eigenvalue weighted by Gasteiger charge is 2.34. The number of carbonyl (C=O) groups excluding carboxylic acids is 9. The molecular weight excluding hydrogens is 1150 g/mol. The molecule has 0 spiro atoms. The minimum absolute atomic E-state index is 0.0904. The fraction of sp³-hybridized carbons (Fsp3) is 0.875. The third kappa shape index (κ3) is 52.8. The van der Waals surface area contributed by atoms with Gasteiger partial charge in [-0.3, -0.25) is 43.2 Å². The van der Waals surface area contributed by atoms with Gasteiger partial charge in [-0.15, -0.1) is 0 Å². The molecule has 0 fully saturated rings. The maximum atomic E-state index is 13.2.